The number of carbonyl (C=O) groups excluding carboxylic acids is 2. The molecular weight excluding hydrogens is 336 g/mol. The Morgan fingerprint density at radius 2 is 1.31 bits per heavy atom. The maximum Gasteiger partial charge on any atom is 0.352 e. The van der Waals surface area contributed by atoms with Crippen LogP contribution in [0.2, 0.25) is 0 Å². The molecular formula is C19H36N2O5. The number of hydrogen-bond acceptors (Lipinski definition) is 6. The molecule has 7 heteroatoms. The molecule has 0 aliphatic carbocycles. The van der Waals surface area contributed by atoms with Gasteiger partial charge in [0.05, 0.1) is 0 Å². The van der Waals surface area contributed by atoms with E-state index in [1.807, 2.05) is 0 Å². The van der Waals surface area contributed by atoms with Crippen molar-refractivity contribution in [2.24, 2.45) is 11.6 Å². The van der Waals surface area contributed by atoms with Crippen LogP contribution in [0.4, 0.5) is 0 Å². The summed E-state index contributed by atoms with van der Waals surface area (Å²) in [6.45, 7) is 2.21. The highest BCUT2D eigenvalue weighted by Gasteiger charge is 2.42. The van der Waals surface area contributed by atoms with Crippen LogP contribution in [0.15, 0.2) is 0 Å². The summed E-state index contributed by atoms with van der Waals surface area (Å²) in [7, 11) is 0. The number of carboxylic acid groups (broad SMARTS) is 1. The van der Waals surface area contributed by atoms with Gasteiger partial charge in [0, 0.05) is 12.8 Å². The predicted molar refractivity (Wildman–Crippen MR) is 100 cm³/mol. The summed E-state index contributed by atoms with van der Waals surface area (Å²) in [4.78, 5) is 38.8. The molecule has 0 amide bonds. The van der Waals surface area contributed by atoms with Crippen LogP contribution in [-0.2, 0) is 19.2 Å². The Morgan fingerprint density at radius 1 is 0.846 bits per heavy atom. The fraction of sp³-hybridized carbons (Fsp3) is 0.842. The number of aliphatic carboxylic acids is 1. The third-order valence-electron chi connectivity index (χ3n) is 4.71. The Morgan fingerprint density at radius 3 is 1.73 bits per heavy atom. The Kier molecular flexibility index (Phi) is 13.8. The number of carboxylic acids is 1. The number of unbranched alkanes of at least 4 members (excludes halogenated alkanes) is 10. The standard InChI is InChI=1S/C19H36N2O5/c1-2-3-4-5-6-7-8-9-10-11-12-13-16(22)19(20,18(25)26-21)15-14-17(23)24/h2-15,20-21H2,1H3,(H,23,24). The lowest BCUT2D eigenvalue weighted by molar-refractivity contribution is -0.155. The van der Waals surface area contributed by atoms with Crippen molar-refractivity contribution >= 4 is 17.7 Å². The largest absolute Gasteiger partial charge is 0.481 e. The molecule has 0 bridgehead atoms. The van der Waals surface area contributed by atoms with Crippen molar-refractivity contribution in [3.63, 3.8) is 0 Å². The van der Waals surface area contributed by atoms with Gasteiger partial charge in [-0.1, -0.05) is 71.1 Å². The van der Waals surface area contributed by atoms with Crippen molar-refractivity contribution < 1.29 is 24.3 Å². The van der Waals surface area contributed by atoms with Gasteiger partial charge in [-0.3, -0.25) is 9.59 Å². The van der Waals surface area contributed by atoms with Gasteiger partial charge in [-0.25, -0.2) is 4.79 Å². The first kappa shape index (κ1) is 24.5. The van der Waals surface area contributed by atoms with E-state index >= 15 is 0 Å². The Hall–Kier alpha value is -1.47. The van der Waals surface area contributed by atoms with Gasteiger partial charge in [0.25, 0.3) is 0 Å². The molecule has 0 radical (unpaired) electrons. The highest BCUT2D eigenvalue weighted by atomic mass is 16.7. The van der Waals surface area contributed by atoms with E-state index in [-0.39, 0.29) is 12.8 Å². The van der Waals surface area contributed by atoms with Gasteiger partial charge < -0.3 is 15.7 Å². The number of ketones is 1. The van der Waals surface area contributed by atoms with Crippen molar-refractivity contribution in [3.8, 4) is 0 Å². The van der Waals surface area contributed by atoms with Gasteiger partial charge in [-0.2, -0.15) is 5.90 Å². The molecule has 0 heterocycles. The number of Topliss-reactive ketones (excluding diaryl/α,β-unsaturated/α-hetero) is 1. The molecule has 0 saturated heterocycles. The smallest absolute Gasteiger partial charge is 0.352 e. The van der Waals surface area contributed by atoms with Crippen molar-refractivity contribution in [2.45, 2.75) is 102 Å². The minimum atomic E-state index is -1.97. The molecule has 26 heavy (non-hydrogen) atoms. The summed E-state index contributed by atoms with van der Waals surface area (Å²) in [5, 5.41) is 8.74. The maximum atomic E-state index is 12.3. The first-order chi connectivity index (χ1) is 12.4. The molecule has 1 unspecified atom stereocenters. The summed E-state index contributed by atoms with van der Waals surface area (Å²) in [5.74, 6) is 2.12. The van der Waals surface area contributed by atoms with Crippen LogP contribution in [-0.4, -0.2) is 28.4 Å². The molecule has 0 aromatic rings. The average Bonchev–Trinajstić information content (AvgIpc) is 2.63. The van der Waals surface area contributed by atoms with Gasteiger partial charge in [0.15, 0.2) is 11.3 Å². The quantitative estimate of drug-likeness (QED) is 0.203. The fourth-order valence-corrected chi connectivity index (χ4v) is 2.94. The molecule has 0 rings (SSSR count). The van der Waals surface area contributed by atoms with Crippen molar-refractivity contribution in [3.05, 3.63) is 0 Å². The highest BCUT2D eigenvalue weighted by molar-refractivity contribution is 6.08. The lowest BCUT2D eigenvalue weighted by Gasteiger charge is -2.23. The van der Waals surface area contributed by atoms with Gasteiger partial charge >= 0.3 is 11.9 Å². The van der Waals surface area contributed by atoms with Crippen molar-refractivity contribution in [1.29, 1.82) is 0 Å². The Bertz CT molecular complexity index is 428. The van der Waals surface area contributed by atoms with Crippen LogP contribution in [0, 0.1) is 0 Å². The molecule has 0 spiro atoms. The number of hydrogen-bond donors (Lipinski definition) is 3. The summed E-state index contributed by atoms with van der Waals surface area (Å²) in [6, 6.07) is 0. The van der Waals surface area contributed by atoms with E-state index in [1.165, 1.54) is 44.9 Å². The molecule has 0 saturated carbocycles. The van der Waals surface area contributed by atoms with Crippen LogP contribution in [0.3, 0.4) is 0 Å². The Labute approximate surface area is 156 Å². The molecule has 7 nitrogen and oxygen atoms in total. The molecule has 152 valence electrons. The Balaban J connectivity index is 3.95. The summed E-state index contributed by atoms with van der Waals surface area (Å²) >= 11 is 0. The number of nitrogens with two attached hydrogens (primary N) is 2. The zero-order valence-electron chi connectivity index (χ0n) is 16.1. The van der Waals surface area contributed by atoms with Crippen molar-refractivity contribution in [1.82, 2.24) is 0 Å². The van der Waals surface area contributed by atoms with Crippen LogP contribution < -0.4 is 11.6 Å². The minimum absolute atomic E-state index is 0.127. The molecule has 5 N–H and O–H groups in total. The van der Waals surface area contributed by atoms with E-state index in [9.17, 15) is 14.4 Å². The molecule has 1 atom stereocenters. The first-order valence-corrected chi connectivity index (χ1v) is 9.83. The molecule has 0 aliphatic rings. The fourth-order valence-electron chi connectivity index (χ4n) is 2.94. The third-order valence-corrected chi connectivity index (χ3v) is 4.71. The van der Waals surface area contributed by atoms with Gasteiger partial charge in [-0.05, 0) is 12.8 Å². The summed E-state index contributed by atoms with van der Waals surface area (Å²) < 4.78 is 0. The van der Waals surface area contributed by atoms with Crippen LogP contribution >= 0.6 is 0 Å². The second-order valence-corrected chi connectivity index (χ2v) is 6.98. The first-order valence-electron chi connectivity index (χ1n) is 9.83. The second-order valence-electron chi connectivity index (χ2n) is 6.98. The van der Waals surface area contributed by atoms with E-state index in [0.717, 1.165) is 19.3 Å². The molecule has 0 aromatic carbocycles. The van der Waals surface area contributed by atoms with Crippen molar-refractivity contribution in [2.75, 3.05) is 0 Å². The second kappa shape index (κ2) is 14.7. The summed E-state index contributed by atoms with van der Waals surface area (Å²) in [6.07, 6.45) is 12.1. The molecule has 0 aromatic heterocycles. The molecule has 0 aliphatic heterocycles. The van der Waals surface area contributed by atoms with Crippen LogP contribution in [0.1, 0.15) is 96.8 Å². The maximum absolute atomic E-state index is 12.3. The number of rotatable bonds is 17. The van der Waals surface area contributed by atoms with E-state index in [2.05, 4.69) is 11.8 Å². The van der Waals surface area contributed by atoms with E-state index in [4.69, 9.17) is 16.7 Å². The zero-order valence-corrected chi connectivity index (χ0v) is 16.1. The monoisotopic (exact) mass is 372 g/mol. The lowest BCUT2D eigenvalue weighted by Crippen LogP contribution is -2.56. The SMILES string of the molecule is CCCCCCCCCCCCCC(=O)C(N)(CCC(=O)O)C(=O)ON. The van der Waals surface area contributed by atoms with E-state index < -0.39 is 29.7 Å². The lowest BCUT2D eigenvalue weighted by atomic mass is 9.87. The van der Waals surface area contributed by atoms with Gasteiger partial charge in [-0.15, -0.1) is 0 Å². The topological polar surface area (TPSA) is 133 Å². The van der Waals surface area contributed by atoms with Crippen LogP contribution in [0.25, 0.3) is 0 Å². The number of carbonyl (C=O) groups is 3. The van der Waals surface area contributed by atoms with Crippen LogP contribution in [0.5, 0.6) is 0 Å². The minimum Gasteiger partial charge on any atom is -0.481 e. The van der Waals surface area contributed by atoms with Gasteiger partial charge in [0.2, 0.25) is 0 Å². The third kappa shape index (κ3) is 10.5. The molecule has 0 fully saturated rings. The predicted octanol–water partition coefficient (Wildman–Crippen LogP) is 3.24. The van der Waals surface area contributed by atoms with E-state index in [1.54, 1.807) is 0 Å². The van der Waals surface area contributed by atoms with E-state index in [0.29, 0.717) is 6.42 Å². The normalized spacial score (nSPS) is 13.2. The highest BCUT2D eigenvalue weighted by Crippen LogP contribution is 2.18. The summed E-state index contributed by atoms with van der Waals surface area (Å²) in [5.41, 5.74) is 3.84. The zero-order chi connectivity index (χ0) is 19.8. The average molecular weight is 373 g/mol. The van der Waals surface area contributed by atoms with Gasteiger partial charge in [0.1, 0.15) is 0 Å².